The van der Waals surface area contributed by atoms with Crippen LogP contribution in [0.25, 0.3) is 11.1 Å². The van der Waals surface area contributed by atoms with Gasteiger partial charge >= 0.3 is 0 Å². The maximum absolute atomic E-state index is 11.2. The fourth-order valence-electron chi connectivity index (χ4n) is 3.77. The Balaban J connectivity index is 1.41. The summed E-state index contributed by atoms with van der Waals surface area (Å²) in [5.41, 5.74) is 10.7. The van der Waals surface area contributed by atoms with E-state index in [0.29, 0.717) is 18.9 Å². The van der Waals surface area contributed by atoms with Crippen molar-refractivity contribution in [3.05, 3.63) is 71.3 Å². The molecule has 0 saturated heterocycles. The van der Waals surface area contributed by atoms with Gasteiger partial charge in [0, 0.05) is 5.92 Å². The summed E-state index contributed by atoms with van der Waals surface area (Å²) >= 11 is 0. The van der Waals surface area contributed by atoms with Gasteiger partial charge in [0.25, 0.3) is 5.91 Å². The molecule has 0 spiro atoms. The molecule has 1 aliphatic carbocycles. The summed E-state index contributed by atoms with van der Waals surface area (Å²) in [6.45, 7) is 2.12. The van der Waals surface area contributed by atoms with E-state index in [1.54, 1.807) is 6.92 Å². The number of aliphatic hydroxyl groups excluding tert-OH is 1. The number of hydrogen-bond acceptors (Lipinski definition) is 4. The van der Waals surface area contributed by atoms with Crippen molar-refractivity contribution in [2.45, 2.75) is 31.8 Å². The van der Waals surface area contributed by atoms with Crippen molar-refractivity contribution in [1.29, 1.82) is 0 Å². The number of carbonyl (C=O) groups is 1. The first-order valence-electron chi connectivity index (χ1n) is 9.39. The zero-order valence-electron chi connectivity index (χ0n) is 15.7. The minimum absolute atomic E-state index is 0.236. The SMILES string of the molecule is C[C@H](O)[C@H](CCOc1ccc2c(c1)Cc1ccccc1-2)c1ncc(C(N)=O)[nH]1. The number of imidazole rings is 1. The Kier molecular flexibility index (Phi) is 4.88. The third kappa shape index (κ3) is 3.51. The smallest absolute Gasteiger partial charge is 0.266 e. The van der Waals surface area contributed by atoms with Gasteiger partial charge in [0.1, 0.15) is 17.3 Å². The number of aromatic nitrogens is 2. The molecule has 6 nitrogen and oxygen atoms in total. The molecule has 28 heavy (non-hydrogen) atoms. The maximum atomic E-state index is 11.2. The monoisotopic (exact) mass is 377 g/mol. The molecule has 0 bridgehead atoms. The zero-order chi connectivity index (χ0) is 19.7. The van der Waals surface area contributed by atoms with E-state index < -0.39 is 12.0 Å². The van der Waals surface area contributed by atoms with Crippen LogP contribution >= 0.6 is 0 Å². The molecule has 0 fully saturated rings. The second-order valence-electron chi connectivity index (χ2n) is 7.18. The van der Waals surface area contributed by atoms with E-state index in [1.165, 1.54) is 28.5 Å². The van der Waals surface area contributed by atoms with Gasteiger partial charge in [0.15, 0.2) is 0 Å². The van der Waals surface area contributed by atoms with Crippen LogP contribution in [0, 0.1) is 0 Å². The number of carbonyl (C=O) groups excluding carboxylic acids is 1. The molecule has 3 aromatic rings. The van der Waals surface area contributed by atoms with Crippen LogP contribution < -0.4 is 10.5 Å². The highest BCUT2D eigenvalue weighted by Crippen LogP contribution is 2.38. The van der Waals surface area contributed by atoms with Crippen molar-refractivity contribution >= 4 is 5.91 Å². The first-order chi connectivity index (χ1) is 13.5. The van der Waals surface area contributed by atoms with Gasteiger partial charge in [0.2, 0.25) is 0 Å². The van der Waals surface area contributed by atoms with Crippen molar-refractivity contribution in [3.8, 4) is 16.9 Å². The molecular formula is C22H23N3O3. The van der Waals surface area contributed by atoms with E-state index in [2.05, 4.69) is 46.4 Å². The van der Waals surface area contributed by atoms with Gasteiger partial charge < -0.3 is 20.6 Å². The number of fused-ring (bicyclic) bond motifs is 3. The van der Waals surface area contributed by atoms with E-state index in [0.717, 1.165) is 12.2 Å². The highest BCUT2D eigenvalue weighted by molar-refractivity contribution is 5.90. The Morgan fingerprint density at radius 2 is 2.04 bits per heavy atom. The van der Waals surface area contributed by atoms with Crippen LogP contribution in [-0.2, 0) is 6.42 Å². The van der Waals surface area contributed by atoms with Crippen LogP contribution in [0.15, 0.2) is 48.7 Å². The molecular weight excluding hydrogens is 354 g/mol. The van der Waals surface area contributed by atoms with E-state index in [1.807, 2.05) is 6.07 Å². The van der Waals surface area contributed by atoms with Gasteiger partial charge in [-0.2, -0.15) is 0 Å². The topological polar surface area (TPSA) is 101 Å². The number of aliphatic hydroxyl groups is 1. The molecule has 0 unspecified atom stereocenters. The third-order valence-electron chi connectivity index (χ3n) is 5.26. The lowest BCUT2D eigenvalue weighted by Crippen LogP contribution is -2.19. The van der Waals surface area contributed by atoms with Crippen LogP contribution in [0.1, 0.15) is 46.7 Å². The number of hydrogen-bond donors (Lipinski definition) is 3. The van der Waals surface area contributed by atoms with E-state index >= 15 is 0 Å². The van der Waals surface area contributed by atoms with Crippen LogP contribution in [0.5, 0.6) is 5.75 Å². The summed E-state index contributed by atoms with van der Waals surface area (Å²) in [4.78, 5) is 18.3. The van der Waals surface area contributed by atoms with Gasteiger partial charge in [-0.3, -0.25) is 4.79 Å². The molecule has 6 heteroatoms. The Labute approximate surface area is 163 Å². The van der Waals surface area contributed by atoms with Crippen molar-refractivity contribution in [2.75, 3.05) is 6.61 Å². The van der Waals surface area contributed by atoms with Gasteiger partial charge in [-0.05, 0) is 54.2 Å². The Morgan fingerprint density at radius 3 is 2.79 bits per heavy atom. The number of amides is 1. The number of benzene rings is 2. The number of rotatable bonds is 7. The van der Waals surface area contributed by atoms with Crippen molar-refractivity contribution in [3.63, 3.8) is 0 Å². The van der Waals surface area contributed by atoms with Crippen LogP contribution in [-0.4, -0.2) is 33.7 Å². The molecule has 1 aromatic heterocycles. The lowest BCUT2D eigenvalue weighted by Gasteiger charge is -2.18. The summed E-state index contributed by atoms with van der Waals surface area (Å²) in [6, 6.07) is 14.6. The molecule has 0 aliphatic heterocycles. The minimum Gasteiger partial charge on any atom is -0.494 e. The molecule has 1 heterocycles. The predicted octanol–water partition coefficient (Wildman–Crippen LogP) is 3.01. The lowest BCUT2D eigenvalue weighted by molar-refractivity contribution is 0.0995. The molecule has 4 rings (SSSR count). The number of aromatic amines is 1. The summed E-state index contributed by atoms with van der Waals surface area (Å²) in [5.74, 6) is 0.509. The zero-order valence-corrected chi connectivity index (χ0v) is 15.7. The summed E-state index contributed by atoms with van der Waals surface area (Å²) in [5, 5.41) is 10.1. The number of ether oxygens (including phenoxy) is 1. The van der Waals surface area contributed by atoms with Gasteiger partial charge in [-0.1, -0.05) is 30.3 Å². The molecule has 2 aromatic carbocycles. The van der Waals surface area contributed by atoms with Crippen molar-refractivity contribution < 1.29 is 14.6 Å². The summed E-state index contributed by atoms with van der Waals surface area (Å²) < 4.78 is 5.94. The molecule has 1 aliphatic rings. The van der Waals surface area contributed by atoms with Gasteiger partial charge in [-0.25, -0.2) is 4.98 Å². The Morgan fingerprint density at radius 1 is 1.25 bits per heavy atom. The minimum atomic E-state index is -0.634. The second-order valence-corrected chi connectivity index (χ2v) is 7.18. The predicted molar refractivity (Wildman–Crippen MR) is 106 cm³/mol. The Bertz CT molecular complexity index is 1010. The highest BCUT2D eigenvalue weighted by atomic mass is 16.5. The van der Waals surface area contributed by atoms with Crippen LogP contribution in [0.2, 0.25) is 0 Å². The highest BCUT2D eigenvalue weighted by Gasteiger charge is 2.22. The number of nitrogens with two attached hydrogens (primary N) is 1. The molecule has 1 amide bonds. The number of H-pyrrole nitrogens is 1. The molecule has 0 radical (unpaired) electrons. The van der Waals surface area contributed by atoms with Gasteiger partial charge in [0.05, 0.1) is 18.9 Å². The molecule has 0 saturated carbocycles. The largest absolute Gasteiger partial charge is 0.494 e. The second kappa shape index (κ2) is 7.48. The first-order valence-corrected chi connectivity index (χ1v) is 9.39. The van der Waals surface area contributed by atoms with E-state index in [4.69, 9.17) is 10.5 Å². The normalized spacial score (nSPS) is 14.2. The van der Waals surface area contributed by atoms with Gasteiger partial charge in [-0.15, -0.1) is 0 Å². The Hall–Kier alpha value is -3.12. The fraction of sp³-hybridized carbons (Fsp3) is 0.273. The quantitative estimate of drug-likeness (QED) is 0.461. The molecule has 4 N–H and O–H groups in total. The average Bonchev–Trinajstić information content (AvgIpc) is 3.29. The van der Waals surface area contributed by atoms with E-state index in [-0.39, 0.29) is 11.6 Å². The van der Waals surface area contributed by atoms with Crippen LogP contribution in [0.4, 0.5) is 0 Å². The third-order valence-corrected chi connectivity index (χ3v) is 5.26. The number of nitrogens with one attached hydrogen (secondary N) is 1. The number of nitrogens with zero attached hydrogens (tertiary/aromatic N) is 1. The van der Waals surface area contributed by atoms with Crippen LogP contribution in [0.3, 0.4) is 0 Å². The number of primary amides is 1. The van der Waals surface area contributed by atoms with E-state index in [9.17, 15) is 9.90 Å². The summed E-state index contributed by atoms with van der Waals surface area (Å²) in [7, 11) is 0. The average molecular weight is 377 g/mol. The van der Waals surface area contributed by atoms with Crippen molar-refractivity contribution in [1.82, 2.24) is 9.97 Å². The standard InChI is InChI=1S/C22H23N3O3/c1-13(26)17(22-24-12-20(25-22)21(23)27)8-9-28-16-6-7-19-15(11-16)10-14-4-2-3-5-18(14)19/h2-7,11-13,17,26H,8-10H2,1H3,(H2,23,27)(H,24,25)/t13-,17-/m0/s1. The lowest BCUT2D eigenvalue weighted by atomic mass is 9.99. The maximum Gasteiger partial charge on any atom is 0.266 e. The fourth-order valence-corrected chi connectivity index (χ4v) is 3.77. The first kappa shape index (κ1) is 18.3. The molecule has 2 atom stereocenters. The molecule has 144 valence electrons. The summed E-state index contributed by atoms with van der Waals surface area (Å²) in [6.07, 6.45) is 2.23. The van der Waals surface area contributed by atoms with Crippen molar-refractivity contribution in [2.24, 2.45) is 5.73 Å².